The Labute approximate surface area is 137 Å². The smallest absolute Gasteiger partial charge is 0.387 e. The number of ether oxygens (including phenoxy) is 3. The summed E-state index contributed by atoms with van der Waals surface area (Å²) in [4.78, 5) is 11.4. The molecular formula is C15H18ClF3O4. The van der Waals surface area contributed by atoms with Crippen LogP contribution in [-0.2, 0) is 14.3 Å². The maximum absolute atomic E-state index is 13.8. The molecule has 0 N–H and O–H groups in total. The van der Waals surface area contributed by atoms with Crippen LogP contribution in [0, 0.1) is 5.82 Å². The van der Waals surface area contributed by atoms with Crippen LogP contribution in [0.5, 0.6) is 5.75 Å². The minimum absolute atomic E-state index is 0.0991. The predicted molar refractivity (Wildman–Crippen MR) is 80.3 cm³/mol. The number of benzene rings is 1. The molecule has 1 unspecified atom stereocenters. The summed E-state index contributed by atoms with van der Waals surface area (Å²) in [7, 11) is 2.40. The third-order valence-corrected chi connectivity index (χ3v) is 2.81. The quantitative estimate of drug-likeness (QED) is 0.556. The summed E-state index contributed by atoms with van der Waals surface area (Å²) in [6.45, 7) is 4.27. The van der Waals surface area contributed by atoms with E-state index in [9.17, 15) is 18.0 Å². The largest absolute Gasteiger partial charge is 0.466 e. The molecular weight excluding hydrogens is 337 g/mol. The summed E-state index contributed by atoms with van der Waals surface area (Å²) in [6, 6.07) is 2.01. The SMILES string of the molecule is C=C(C(=O)OC)C(OC)c1cc(F)c(OC(F)F)c(Cl)c1.CC. The van der Waals surface area contributed by atoms with Gasteiger partial charge in [-0.1, -0.05) is 32.0 Å². The Kier molecular flexibility index (Phi) is 9.36. The van der Waals surface area contributed by atoms with Gasteiger partial charge in [-0.05, 0) is 17.7 Å². The van der Waals surface area contributed by atoms with Gasteiger partial charge in [0.15, 0.2) is 11.6 Å². The maximum atomic E-state index is 13.8. The molecule has 0 saturated heterocycles. The second-order valence-electron chi connectivity index (χ2n) is 3.82. The van der Waals surface area contributed by atoms with Gasteiger partial charge < -0.3 is 14.2 Å². The lowest BCUT2D eigenvalue weighted by atomic mass is 10.0. The van der Waals surface area contributed by atoms with Crippen molar-refractivity contribution in [1.29, 1.82) is 0 Å². The van der Waals surface area contributed by atoms with Crippen LogP contribution in [0.4, 0.5) is 13.2 Å². The van der Waals surface area contributed by atoms with Crippen molar-refractivity contribution >= 4 is 17.6 Å². The molecule has 23 heavy (non-hydrogen) atoms. The molecule has 0 aliphatic rings. The Bertz CT molecular complexity index is 527. The zero-order valence-electron chi connectivity index (χ0n) is 13.2. The molecule has 1 aromatic rings. The Balaban J connectivity index is 0.00000232. The number of hydrogen-bond acceptors (Lipinski definition) is 4. The molecule has 0 amide bonds. The molecule has 0 fully saturated rings. The highest BCUT2D eigenvalue weighted by Crippen LogP contribution is 2.35. The van der Waals surface area contributed by atoms with Gasteiger partial charge in [-0.25, -0.2) is 9.18 Å². The van der Waals surface area contributed by atoms with E-state index in [4.69, 9.17) is 16.3 Å². The van der Waals surface area contributed by atoms with Gasteiger partial charge in [0, 0.05) is 7.11 Å². The summed E-state index contributed by atoms with van der Waals surface area (Å²) in [5.41, 5.74) is 0.00927. The van der Waals surface area contributed by atoms with E-state index in [-0.39, 0.29) is 16.2 Å². The van der Waals surface area contributed by atoms with E-state index >= 15 is 0 Å². The molecule has 0 aliphatic heterocycles. The zero-order valence-corrected chi connectivity index (χ0v) is 13.9. The summed E-state index contributed by atoms with van der Waals surface area (Å²) in [6.07, 6.45) is -1.04. The fraction of sp³-hybridized carbons (Fsp3) is 0.400. The van der Waals surface area contributed by atoms with Crippen molar-refractivity contribution in [3.05, 3.63) is 40.7 Å². The highest BCUT2D eigenvalue weighted by molar-refractivity contribution is 6.32. The lowest BCUT2D eigenvalue weighted by molar-refractivity contribution is -0.137. The van der Waals surface area contributed by atoms with Crippen molar-refractivity contribution in [1.82, 2.24) is 0 Å². The van der Waals surface area contributed by atoms with E-state index in [0.717, 1.165) is 19.2 Å². The summed E-state index contributed by atoms with van der Waals surface area (Å²) < 4.78 is 51.5. The zero-order chi connectivity index (χ0) is 18.2. The Morgan fingerprint density at radius 2 is 1.83 bits per heavy atom. The number of carbonyl (C=O) groups excluding carboxylic acids is 1. The van der Waals surface area contributed by atoms with Gasteiger partial charge in [0.2, 0.25) is 0 Å². The second-order valence-corrected chi connectivity index (χ2v) is 4.23. The van der Waals surface area contributed by atoms with E-state index in [2.05, 4.69) is 16.1 Å². The van der Waals surface area contributed by atoms with Gasteiger partial charge in [0.05, 0.1) is 17.7 Å². The molecule has 0 aromatic heterocycles. The van der Waals surface area contributed by atoms with Crippen LogP contribution < -0.4 is 4.74 Å². The fourth-order valence-electron chi connectivity index (χ4n) is 1.65. The van der Waals surface area contributed by atoms with Crippen molar-refractivity contribution < 1.29 is 32.2 Å². The first kappa shape index (κ1) is 21.3. The van der Waals surface area contributed by atoms with Crippen LogP contribution >= 0.6 is 11.6 Å². The van der Waals surface area contributed by atoms with Gasteiger partial charge in [0.25, 0.3) is 0 Å². The maximum Gasteiger partial charge on any atom is 0.387 e. The minimum Gasteiger partial charge on any atom is -0.466 e. The summed E-state index contributed by atoms with van der Waals surface area (Å²) >= 11 is 5.70. The molecule has 8 heteroatoms. The minimum atomic E-state index is -3.22. The summed E-state index contributed by atoms with van der Waals surface area (Å²) in [5.74, 6) is -2.65. The molecule has 0 heterocycles. The average molecular weight is 355 g/mol. The lowest BCUT2D eigenvalue weighted by Crippen LogP contribution is -2.14. The van der Waals surface area contributed by atoms with Crippen LogP contribution in [0.2, 0.25) is 5.02 Å². The van der Waals surface area contributed by atoms with Crippen molar-refractivity contribution in [3.8, 4) is 5.75 Å². The number of carbonyl (C=O) groups is 1. The number of esters is 1. The molecule has 1 atom stereocenters. The lowest BCUT2D eigenvalue weighted by Gasteiger charge is -2.18. The molecule has 0 saturated carbocycles. The van der Waals surface area contributed by atoms with E-state index < -0.39 is 30.3 Å². The third kappa shape index (κ3) is 5.76. The van der Waals surface area contributed by atoms with Crippen LogP contribution in [0.25, 0.3) is 0 Å². The molecule has 0 aliphatic carbocycles. The van der Waals surface area contributed by atoms with Crippen LogP contribution in [0.15, 0.2) is 24.3 Å². The third-order valence-electron chi connectivity index (χ3n) is 2.53. The average Bonchev–Trinajstić information content (AvgIpc) is 2.52. The van der Waals surface area contributed by atoms with Gasteiger partial charge in [-0.2, -0.15) is 8.78 Å². The number of rotatable bonds is 6. The van der Waals surface area contributed by atoms with Crippen LogP contribution in [0.3, 0.4) is 0 Å². The number of methoxy groups -OCH3 is 2. The number of halogens is 4. The van der Waals surface area contributed by atoms with Crippen LogP contribution in [0.1, 0.15) is 25.5 Å². The first-order valence-electron chi connectivity index (χ1n) is 6.55. The normalized spacial score (nSPS) is 11.3. The summed E-state index contributed by atoms with van der Waals surface area (Å²) in [5, 5.41) is -0.384. The van der Waals surface area contributed by atoms with E-state index in [1.54, 1.807) is 0 Å². The molecule has 0 radical (unpaired) electrons. The Morgan fingerprint density at radius 3 is 2.22 bits per heavy atom. The molecule has 0 spiro atoms. The van der Waals surface area contributed by atoms with Crippen LogP contribution in [-0.4, -0.2) is 26.8 Å². The van der Waals surface area contributed by atoms with Gasteiger partial charge in [-0.15, -0.1) is 0 Å². The van der Waals surface area contributed by atoms with Crippen molar-refractivity contribution in [2.75, 3.05) is 14.2 Å². The van der Waals surface area contributed by atoms with Crippen molar-refractivity contribution in [2.45, 2.75) is 26.6 Å². The van der Waals surface area contributed by atoms with Gasteiger partial charge in [-0.3, -0.25) is 0 Å². The fourth-order valence-corrected chi connectivity index (χ4v) is 1.91. The standard InChI is InChI=1S/C13H12ClF3O4.C2H6/c1-6(12(18)20-3)10(19-2)7-4-8(14)11(9(15)5-7)21-13(16)17;1-2/h4-5,10,13H,1H2,2-3H3;1-2H3. The Hall–Kier alpha value is -1.73. The topological polar surface area (TPSA) is 44.8 Å². The molecule has 4 nitrogen and oxygen atoms in total. The molecule has 1 rings (SSSR count). The monoisotopic (exact) mass is 354 g/mol. The predicted octanol–water partition coefficient (Wildman–Crippen LogP) is 4.52. The molecule has 1 aromatic carbocycles. The molecule has 0 bridgehead atoms. The highest BCUT2D eigenvalue weighted by atomic mass is 35.5. The Morgan fingerprint density at radius 1 is 1.26 bits per heavy atom. The first-order chi connectivity index (χ1) is 10.8. The van der Waals surface area contributed by atoms with Crippen molar-refractivity contribution in [3.63, 3.8) is 0 Å². The van der Waals surface area contributed by atoms with E-state index in [1.165, 1.54) is 7.11 Å². The first-order valence-corrected chi connectivity index (χ1v) is 6.93. The second kappa shape index (κ2) is 10.1. The number of alkyl halides is 2. The van der Waals surface area contributed by atoms with E-state index in [1.807, 2.05) is 13.8 Å². The number of hydrogen-bond donors (Lipinski definition) is 0. The van der Waals surface area contributed by atoms with Crippen molar-refractivity contribution in [2.24, 2.45) is 0 Å². The highest BCUT2D eigenvalue weighted by Gasteiger charge is 2.24. The molecule has 130 valence electrons. The van der Waals surface area contributed by atoms with Gasteiger partial charge in [0.1, 0.15) is 6.10 Å². The van der Waals surface area contributed by atoms with Gasteiger partial charge >= 0.3 is 12.6 Å². The van der Waals surface area contributed by atoms with E-state index in [0.29, 0.717) is 0 Å².